The van der Waals surface area contributed by atoms with Crippen LogP contribution in [0.4, 0.5) is 13.2 Å². The molecule has 0 aliphatic carbocycles. The Morgan fingerprint density at radius 2 is 1.95 bits per heavy atom. The van der Waals surface area contributed by atoms with E-state index >= 15 is 0 Å². The van der Waals surface area contributed by atoms with E-state index < -0.39 is 17.8 Å². The van der Waals surface area contributed by atoms with Gasteiger partial charge in [0.05, 0.1) is 11.6 Å². The number of hydrogen-bond acceptors (Lipinski definition) is 3. The first-order valence-corrected chi connectivity index (χ1v) is 6.45. The molecule has 7 heteroatoms. The number of nitrogens with zero attached hydrogens (tertiary/aromatic N) is 1. The molecule has 112 valence electrons. The average Bonchev–Trinajstić information content (AvgIpc) is 2.41. The zero-order chi connectivity index (χ0) is 15.6. The maximum Gasteiger partial charge on any atom is 0.416 e. The van der Waals surface area contributed by atoms with Gasteiger partial charge < -0.3 is 0 Å². The van der Waals surface area contributed by atoms with Crippen molar-refractivity contribution >= 4 is 11.6 Å². The van der Waals surface area contributed by atoms with Gasteiger partial charge in [-0.05, 0) is 30.2 Å². The molecule has 1 aromatic heterocycles. The number of benzene rings is 1. The minimum absolute atomic E-state index is 0.0711. The quantitative estimate of drug-likeness (QED) is 0.672. The molecular weight excluding hydrogens is 303 g/mol. The highest BCUT2D eigenvalue weighted by Gasteiger charge is 2.35. The van der Waals surface area contributed by atoms with Gasteiger partial charge in [-0.2, -0.15) is 13.2 Å². The molecule has 0 bridgehead atoms. The van der Waals surface area contributed by atoms with Crippen molar-refractivity contribution in [2.24, 2.45) is 5.84 Å². The highest BCUT2D eigenvalue weighted by atomic mass is 35.5. The number of pyridine rings is 1. The monoisotopic (exact) mass is 315 g/mol. The highest BCUT2D eigenvalue weighted by Crippen LogP contribution is 2.37. The van der Waals surface area contributed by atoms with Gasteiger partial charge in [-0.25, -0.2) is 5.43 Å². The van der Waals surface area contributed by atoms with Gasteiger partial charge in [-0.3, -0.25) is 10.8 Å². The van der Waals surface area contributed by atoms with E-state index in [1.165, 1.54) is 0 Å². The zero-order valence-electron chi connectivity index (χ0n) is 11.1. The number of hydrogen-bond donors (Lipinski definition) is 2. The number of halogens is 4. The third-order valence-electron chi connectivity index (χ3n) is 3.10. The third kappa shape index (κ3) is 3.34. The molecule has 2 rings (SSSR count). The van der Waals surface area contributed by atoms with E-state index in [1.54, 1.807) is 18.2 Å². The number of alkyl halides is 3. The summed E-state index contributed by atoms with van der Waals surface area (Å²) < 4.78 is 39.3. The molecule has 3 N–H and O–H groups in total. The Bertz CT molecular complexity index is 644. The second kappa shape index (κ2) is 6.01. The van der Waals surface area contributed by atoms with Gasteiger partial charge in [0.1, 0.15) is 0 Å². The average molecular weight is 316 g/mol. The number of aryl methyl sites for hydroxylation is 1. The molecule has 0 spiro atoms. The van der Waals surface area contributed by atoms with Crippen LogP contribution in [-0.4, -0.2) is 4.98 Å². The van der Waals surface area contributed by atoms with E-state index in [4.69, 9.17) is 17.4 Å². The molecule has 0 saturated carbocycles. The van der Waals surface area contributed by atoms with Crippen molar-refractivity contribution in [1.82, 2.24) is 10.4 Å². The van der Waals surface area contributed by atoms with Gasteiger partial charge in [0.25, 0.3) is 0 Å². The first-order valence-electron chi connectivity index (χ1n) is 6.08. The third-order valence-corrected chi connectivity index (χ3v) is 3.43. The van der Waals surface area contributed by atoms with Crippen molar-refractivity contribution in [2.75, 3.05) is 0 Å². The molecule has 21 heavy (non-hydrogen) atoms. The lowest BCUT2D eigenvalue weighted by atomic mass is 9.95. The highest BCUT2D eigenvalue weighted by molar-refractivity contribution is 6.31. The first-order chi connectivity index (χ1) is 9.84. The van der Waals surface area contributed by atoms with Crippen molar-refractivity contribution in [3.05, 3.63) is 63.9 Å². The standard InChI is InChI=1S/C14H13ClF3N3/c1-8-2-3-9(12(15)6-8)13(21-19)10-7-20-5-4-11(10)14(16,17)18/h2-7,13,21H,19H2,1H3. The van der Waals surface area contributed by atoms with E-state index in [0.29, 0.717) is 10.6 Å². The summed E-state index contributed by atoms with van der Waals surface area (Å²) in [6.07, 6.45) is -2.26. The molecule has 0 aliphatic heterocycles. The summed E-state index contributed by atoms with van der Waals surface area (Å²) in [4.78, 5) is 3.76. The van der Waals surface area contributed by atoms with E-state index in [-0.39, 0.29) is 5.56 Å². The van der Waals surface area contributed by atoms with E-state index in [9.17, 15) is 13.2 Å². The summed E-state index contributed by atoms with van der Waals surface area (Å²) in [5.74, 6) is 5.45. The Kier molecular flexibility index (Phi) is 4.51. The van der Waals surface area contributed by atoms with Crippen LogP contribution in [0.3, 0.4) is 0 Å². The van der Waals surface area contributed by atoms with Gasteiger partial charge in [0, 0.05) is 23.0 Å². The molecular formula is C14H13ClF3N3. The Morgan fingerprint density at radius 1 is 1.24 bits per heavy atom. The van der Waals surface area contributed by atoms with Crippen LogP contribution in [0, 0.1) is 6.92 Å². The zero-order valence-corrected chi connectivity index (χ0v) is 11.8. The number of rotatable bonds is 3. The van der Waals surface area contributed by atoms with Crippen LogP contribution >= 0.6 is 11.6 Å². The normalized spacial score (nSPS) is 13.2. The Balaban J connectivity index is 2.57. The Labute approximate surface area is 124 Å². The summed E-state index contributed by atoms with van der Waals surface area (Å²) in [5.41, 5.74) is 2.88. The van der Waals surface area contributed by atoms with Crippen LogP contribution in [0.2, 0.25) is 5.02 Å². The summed E-state index contributed by atoms with van der Waals surface area (Å²) >= 11 is 6.12. The maximum atomic E-state index is 13.1. The van der Waals surface area contributed by atoms with Gasteiger partial charge in [-0.15, -0.1) is 0 Å². The van der Waals surface area contributed by atoms with Gasteiger partial charge in [0.2, 0.25) is 0 Å². The molecule has 0 radical (unpaired) electrons. The van der Waals surface area contributed by atoms with Crippen LogP contribution in [0.25, 0.3) is 0 Å². The van der Waals surface area contributed by atoms with Gasteiger partial charge in [0.15, 0.2) is 0 Å². The number of aromatic nitrogens is 1. The molecule has 0 aliphatic rings. The van der Waals surface area contributed by atoms with Crippen LogP contribution in [0.5, 0.6) is 0 Å². The molecule has 1 heterocycles. The van der Waals surface area contributed by atoms with Crippen molar-refractivity contribution in [1.29, 1.82) is 0 Å². The maximum absolute atomic E-state index is 13.1. The van der Waals surface area contributed by atoms with Crippen molar-refractivity contribution in [3.8, 4) is 0 Å². The van der Waals surface area contributed by atoms with Crippen LogP contribution in [0.15, 0.2) is 36.7 Å². The van der Waals surface area contributed by atoms with E-state index in [2.05, 4.69) is 10.4 Å². The molecule has 0 fully saturated rings. The second-order valence-corrected chi connectivity index (χ2v) is 4.99. The van der Waals surface area contributed by atoms with Crippen LogP contribution in [0.1, 0.15) is 28.3 Å². The van der Waals surface area contributed by atoms with Gasteiger partial charge >= 0.3 is 6.18 Å². The predicted molar refractivity (Wildman–Crippen MR) is 74.6 cm³/mol. The predicted octanol–water partition coefficient (Wildman–Crippen LogP) is 3.61. The SMILES string of the molecule is Cc1ccc(C(NN)c2cnccc2C(F)(F)F)c(Cl)c1. The fourth-order valence-corrected chi connectivity index (χ4v) is 2.45. The molecule has 1 atom stereocenters. The molecule has 1 unspecified atom stereocenters. The number of nitrogens with one attached hydrogen (secondary N) is 1. The number of nitrogens with two attached hydrogens (primary N) is 1. The van der Waals surface area contributed by atoms with E-state index in [1.807, 2.05) is 6.92 Å². The van der Waals surface area contributed by atoms with Crippen molar-refractivity contribution in [3.63, 3.8) is 0 Å². The fraction of sp³-hybridized carbons (Fsp3) is 0.214. The number of hydrazine groups is 1. The molecule has 3 nitrogen and oxygen atoms in total. The summed E-state index contributed by atoms with van der Waals surface area (Å²) in [7, 11) is 0. The smallest absolute Gasteiger partial charge is 0.271 e. The van der Waals surface area contributed by atoms with Gasteiger partial charge in [-0.1, -0.05) is 23.7 Å². The molecule has 1 aromatic carbocycles. The minimum Gasteiger partial charge on any atom is -0.271 e. The summed E-state index contributed by atoms with van der Waals surface area (Å²) in [6, 6.07) is 5.10. The lowest BCUT2D eigenvalue weighted by Crippen LogP contribution is -2.31. The Hall–Kier alpha value is -1.63. The lowest BCUT2D eigenvalue weighted by molar-refractivity contribution is -0.138. The topological polar surface area (TPSA) is 50.9 Å². The van der Waals surface area contributed by atoms with Crippen LogP contribution < -0.4 is 11.3 Å². The minimum atomic E-state index is -4.50. The molecule has 2 aromatic rings. The Morgan fingerprint density at radius 3 is 2.52 bits per heavy atom. The van der Waals surface area contributed by atoms with E-state index in [0.717, 1.165) is 24.0 Å². The first kappa shape index (κ1) is 15.8. The molecule has 0 amide bonds. The van der Waals surface area contributed by atoms with Crippen molar-refractivity contribution in [2.45, 2.75) is 19.1 Å². The summed E-state index contributed by atoms with van der Waals surface area (Å²) in [6.45, 7) is 1.84. The largest absolute Gasteiger partial charge is 0.416 e. The van der Waals surface area contributed by atoms with Crippen LogP contribution in [-0.2, 0) is 6.18 Å². The van der Waals surface area contributed by atoms with Crippen molar-refractivity contribution < 1.29 is 13.2 Å². The lowest BCUT2D eigenvalue weighted by Gasteiger charge is -2.22. The second-order valence-electron chi connectivity index (χ2n) is 4.59. The fourth-order valence-electron chi connectivity index (χ4n) is 2.11. The summed E-state index contributed by atoms with van der Waals surface area (Å²) in [5, 5.41) is 0.343. The molecule has 0 saturated heterocycles.